The van der Waals surface area contributed by atoms with Gasteiger partial charge in [-0.25, -0.2) is 0 Å². The van der Waals surface area contributed by atoms with Crippen LogP contribution in [-0.2, 0) is 25.5 Å². The number of methoxy groups -OCH3 is 2. The number of carbonyl (C=O) groups is 2. The average Bonchev–Trinajstić information content (AvgIpc) is 2.75. The molecule has 1 N–H and O–H groups in total. The summed E-state index contributed by atoms with van der Waals surface area (Å²) in [5.41, 5.74) is 1.07. The number of aliphatic hydroxyl groups is 1. The highest BCUT2D eigenvalue weighted by molar-refractivity contribution is 5.70. The molecule has 0 aromatic heterocycles. The Hall–Kier alpha value is -2.12. The quantitative estimate of drug-likeness (QED) is 0.290. The Morgan fingerprint density at radius 2 is 1.81 bits per heavy atom. The molecule has 180 valence electrons. The highest BCUT2D eigenvalue weighted by atomic mass is 16.6. The Labute approximate surface area is 191 Å². The molecule has 1 aromatic carbocycles. The fourth-order valence-corrected chi connectivity index (χ4v) is 4.45. The number of unbranched alkanes of at least 4 members (excludes halogenated alkanes) is 1. The number of ether oxygens (including phenoxy) is 4. The molecule has 0 bridgehead atoms. The summed E-state index contributed by atoms with van der Waals surface area (Å²) in [6.07, 6.45) is 7.32. The lowest BCUT2D eigenvalue weighted by molar-refractivity contribution is -0.158. The van der Waals surface area contributed by atoms with Crippen LogP contribution in [0.3, 0.4) is 0 Å². The molecule has 7 heteroatoms. The summed E-state index contributed by atoms with van der Waals surface area (Å²) in [7, 11) is 3.21. The minimum atomic E-state index is -0.376. The first kappa shape index (κ1) is 26.1. The second-order valence-corrected chi connectivity index (χ2v) is 8.66. The van der Waals surface area contributed by atoms with E-state index >= 15 is 0 Å². The summed E-state index contributed by atoms with van der Waals surface area (Å²) >= 11 is 0. The summed E-state index contributed by atoms with van der Waals surface area (Å²) in [6.45, 7) is 2.80. The van der Waals surface area contributed by atoms with Gasteiger partial charge in [-0.05, 0) is 75.0 Å². The predicted octanol–water partition coefficient (Wildman–Crippen LogP) is 4.22. The lowest BCUT2D eigenvalue weighted by atomic mass is 9.82. The summed E-state index contributed by atoms with van der Waals surface area (Å²) in [4.78, 5) is 22.6. The zero-order valence-electron chi connectivity index (χ0n) is 19.8. The molecule has 0 aliphatic heterocycles. The predicted molar refractivity (Wildman–Crippen MR) is 121 cm³/mol. The van der Waals surface area contributed by atoms with Crippen LogP contribution in [0.2, 0.25) is 0 Å². The van der Waals surface area contributed by atoms with Gasteiger partial charge in [0.05, 0.1) is 19.3 Å². The van der Waals surface area contributed by atoms with E-state index in [4.69, 9.17) is 18.9 Å². The number of benzene rings is 1. The van der Waals surface area contributed by atoms with E-state index in [0.717, 1.165) is 63.4 Å². The van der Waals surface area contributed by atoms with Crippen molar-refractivity contribution >= 4 is 11.9 Å². The largest absolute Gasteiger partial charge is 0.493 e. The molecule has 1 aromatic rings. The van der Waals surface area contributed by atoms with Crippen LogP contribution in [0.4, 0.5) is 0 Å². The maximum atomic E-state index is 11.3. The SMILES string of the molecule is COc1ccc(CCCCC(O)CCC2CCC(OC)C(OC(C)=O)C2)cc1OC(C)=O. The number of aryl methyl sites for hydroxylation is 1. The molecule has 1 aliphatic carbocycles. The van der Waals surface area contributed by atoms with Gasteiger partial charge in [-0.3, -0.25) is 9.59 Å². The minimum absolute atomic E-state index is 0.0283. The standard InChI is InChI=1S/C25H38O7/c1-17(26)31-24-15-19(10-13-22(24)29-3)7-5-6-8-21(28)12-9-20-11-14-23(30-4)25(16-20)32-18(2)27/h10,13,15,20-21,23,25,28H,5-9,11-12,14,16H2,1-4H3. The van der Waals surface area contributed by atoms with Crippen molar-refractivity contribution in [3.05, 3.63) is 23.8 Å². The molecule has 0 saturated heterocycles. The van der Waals surface area contributed by atoms with Gasteiger partial charge in [0.1, 0.15) is 6.10 Å². The third-order valence-corrected chi connectivity index (χ3v) is 6.10. The zero-order valence-corrected chi connectivity index (χ0v) is 19.8. The lowest BCUT2D eigenvalue weighted by Crippen LogP contribution is -2.38. The monoisotopic (exact) mass is 450 g/mol. The van der Waals surface area contributed by atoms with E-state index in [9.17, 15) is 14.7 Å². The Morgan fingerprint density at radius 1 is 1.03 bits per heavy atom. The zero-order chi connectivity index (χ0) is 23.5. The van der Waals surface area contributed by atoms with E-state index in [1.807, 2.05) is 18.2 Å². The number of hydrogen-bond donors (Lipinski definition) is 1. The van der Waals surface area contributed by atoms with Crippen LogP contribution in [0.15, 0.2) is 18.2 Å². The number of carbonyl (C=O) groups excluding carboxylic acids is 2. The van der Waals surface area contributed by atoms with Crippen LogP contribution in [0, 0.1) is 5.92 Å². The van der Waals surface area contributed by atoms with Gasteiger partial charge < -0.3 is 24.1 Å². The van der Waals surface area contributed by atoms with Crippen LogP contribution in [-0.4, -0.2) is 49.6 Å². The van der Waals surface area contributed by atoms with E-state index in [1.165, 1.54) is 13.8 Å². The molecule has 0 heterocycles. The van der Waals surface area contributed by atoms with Crippen molar-refractivity contribution in [2.75, 3.05) is 14.2 Å². The number of aliphatic hydroxyl groups excluding tert-OH is 1. The molecule has 0 amide bonds. The van der Waals surface area contributed by atoms with Crippen molar-refractivity contribution in [1.29, 1.82) is 0 Å². The van der Waals surface area contributed by atoms with Crippen LogP contribution in [0.5, 0.6) is 11.5 Å². The second kappa shape index (κ2) is 13.4. The van der Waals surface area contributed by atoms with Crippen molar-refractivity contribution in [2.24, 2.45) is 5.92 Å². The topological polar surface area (TPSA) is 91.3 Å². The molecular weight excluding hydrogens is 412 g/mol. The van der Waals surface area contributed by atoms with Crippen LogP contribution >= 0.6 is 0 Å². The van der Waals surface area contributed by atoms with E-state index in [-0.39, 0.29) is 30.3 Å². The molecule has 4 atom stereocenters. The first-order valence-corrected chi connectivity index (χ1v) is 11.6. The van der Waals surface area contributed by atoms with Gasteiger partial charge >= 0.3 is 11.9 Å². The number of esters is 2. The summed E-state index contributed by atoms with van der Waals surface area (Å²) < 4.78 is 21.3. The molecule has 1 saturated carbocycles. The van der Waals surface area contributed by atoms with Crippen molar-refractivity contribution in [1.82, 2.24) is 0 Å². The maximum absolute atomic E-state index is 11.3. The number of hydrogen-bond acceptors (Lipinski definition) is 7. The van der Waals surface area contributed by atoms with E-state index in [1.54, 1.807) is 14.2 Å². The smallest absolute Gasteiger partial charge is 0.308 e. The fraction of sp³-hybridized carbons (Fsp3) is 0.680. The molecule has 1 aliphatic rings. The molecule has 1 fully saturated rings. The van der Waals surface area contributed by atoms with Crippen LogP contribution in [0.1, 0.15) is 70.8 Å². The third kappa shape index (κ3) is 8.79. The summed E-state index contributed by atoms with van der Waals surface area (Å²) in [5.74, 6) is 0.773. The summed E-state index contributed by atoms with van der Waals surface area (Å²) in [5, 5.41) is 10.4. The van der Waals surface area contributed by atoms with Gasteiger partial charge in [0.2, 0.25) is 0 Å². The van der Waals surface area contributed by atoms with Crippen LogP contribution < -0.4 is 9.47 Å². The van der Waals surface area contributed by atoms with Gasteiger partial charge in [0.15, 0.2) is 11.5 Å². The minimum Gasteiger partial charge on any atom is -0.493 e. The molecular formula is C25H38O7. The number of rotatable bonds is 12. The lowest BCUT2D eigenvalue weighted by Gasteiger charge is -2.34. The van der Waals surface area contributed by atoms with Crippen molar-refractivity contribution in [3.8, 4) is 11.5 Å². The highest BCUT2D eigenvalue weighted by Crippen LogP contribution is 2.32. The Kier molecular flexibility index (Phi) is 11.0. The normalized spacial score (nSPS) is 21.6. The maximum Gasteiger partial charge on any atom is 0.308 e. The van der Waals surface area contributed by atoms with Crippen molar-refractivity contribution < 1.29 is 33.6 Å². The average molecular weight is 451 g/mol. The molecule has 32 heavy (non-hydrogen) atoms. The van der Waals surface area contributed by atoms with Crippen LogP contribution in [0.25, 0.3) is 0 Å². The van der Waals surface area contributed by atoms with Gasteiger partial charge in [-0.15, -0.1) is 0 Å². The van der Waals surface area contributed by atoms with Gasteiger partial charge in [0.25, 0.3) is 0 Å². The first-order chi connectivity index (χ1) is 15.3. The van der Waals surface area contributed by atoms with E-state index < -0.39 is 0 Å². The van der Waals surface area contributed by atoms with Gasteiger partial charge in [-0.1, -0.05) is 12.5 Å². The van der Waals surface area contributed by atoms with Crippen molar-refractivity contribution in [2.45, 2.75) is 89.9 Å². The van der Waals surface area contributed by atoms with Gasteiger partial charge in [-0.2, -0.15) is 0 Å². The summed E-state index contributed by atoms with van der Waals surface area (Å²) in [6, 6.07) is 5.62. The molecule has 0 spiro atoms. The molecule has 7 nitrogen and oxygen atoms in total. The Morgan fingerprint density at radius 3 is 2.47 bits per heavy atom. The molecule has 4 unspecified atom stereocenters. The van der Waals surface area contributed by atoms with Gasteiger partial charge in [0, 0.05) is 21.0 Å². The second-order valence-electron chi connectivity index (χ2n) is 8.66. The molecule has 0 radical (unpaired) electrons. The molecule has 2 rings (SSSR count). The first-order valence-electron chi connectivity index (χ1n) is 11.6. The Bertz CT molecular complexity index is 733. The van der Waals surface area contributed by atoms with Crippen molar-refractivity contribution in [3.63, 3.8) is 0 Å². The van der Waals surface area contributed by atoms with E-state index in [2.05, 4.69) is 0 Å². The van der Waals surface area contributed by atoms with E-state index in [0.29, 0.717) is 17.4 Å². The highest BCUT2D eigenvalue weighted by Gasteiger charge is 2.32. The fourth-order valence-electron chi connectivity index (χ4n) is 4.45. The third-order valence-electron chi connectivity index (χ3n) is 6.10. The Balaban J connectivity index is 1.70.